The molecule has 8 nitrogen and oxygen atoms in total. The molecule has 1 heterocycles. The summed E-state index contributed by atoms with van der Waals surface area (Å²) >= 11 is 4.15. The van der Waals surface area contributed by atoms with Crippen molar-refractivity contribution in [1.82, 2.24) is 4.90 Å². The van der Waals surface area contributed by atoms with Gasteiger partial charge in [0.1, 0.15) is 11.8 Å². The highest BCUT2D eigenvalue weighted by Gasteiger charge is 2.41. The number of benzene rings is 2. The van der Waals surface area contributed by atoms with Crippen LogP contribution < -0.4 is 10.1 Å². The van der Waals surface area contributed by atoms with Gasteiger partial charge in [-0.15, -0.1) is 0 Å². The maximum atomic E-state index is 12.7. The highest BCUT2D eigenvalue weighted by molar-refractivity contribution is 9.10. The predicted octanol–water partition coefficient (Wildman–Crippen LogP) is 4.45. The summed E-state index contributed by atoms with van der Waals surface area (Å²) in [6.07, 6.45) is 1.55. The number of carbonyl (C=O) groups is 4. The van der Waals surface area contributed by atoms with Crippen LogP contribution in [-0.2, 0) is 19.1 Å². The summed E-state index contributed by atoms with van der Waals surface area (Å²) in [5.41, 5.74) is 1.31. The van der Waals surface area contributed by atoms with E-state index in [1.165, 1.54) is 6.92 Å². The fraction of sp³-hybridized carbons (Fsp3) is 0.217. The largest absolute Gasteiger partial charge is 0.483 e. The molecule has 172 valence electrons. The summed E-state index contributed by atoms with van der Waals surface area (Å²) in [4.78, 5) is 50.1. The molecule has 1 atom stereocenters. The van der Waals surface area contributed by atoms with Crippen molar-refractivity contribution in [2.45, 2.75) is 19.9 Å². The van der Waals surface area contributed by atoms with E-state index >= 15 is 0 Å². The van der Waals surface area contributed by atoms with Crippen LogP contribution in [-0.4, -0.2) is 47.2 Å². The summed E-state index contributed by atoms with van der Waals surface area (Å²) in [6, 6.07) is 13.1. The number of hydrogen-bond donors (Lipinski definition) is 1. The van der Waals surface area contributed by atoms with Crippen molar-refractivity contribution in [3.05, 3.63) is 63.5 Å². The number of para-hydroxylation sites is 1. The van der Waals surface area contributed by atoms with Gasteiger partial charge in [0, 0.05) is 5.69 Å². The zero-order valence-electron chi connectivity index (χ0n) is 17.9. The molecule has 0 aliphatic carbocycles. The van der Waals surface area contributed by atoms with E-state index < -0.39 is 23.2 Å². The normalized spacial score (nSPS) is 15.5. The number of rotatable bonds is 8. The Morgan fingerprint density at radius 3 is 2.58 bits per heavy atom. The van der Waals surface area contributed by atoms with Crippen molar-refractivity contribution in [3.63, 3.8) is 0 Å². The molecule has 1 saturated heterocycles. The molecule has 0 bridgehead atoms. The first-order valence-electron chi connectivity index (χ1n) is 10.0. The number of anilines is 1. The van der Waals surface area contributed by atoms with Crippen LogP contribution in [0, 0.1) is 0 Å². The number of hydrogen-bond acceptors (Lipinski definition) is 7. The van der Waals surface area contributed by atoms with Gasteiger partial charge in [0.05, 0.1) is 16.0 Å². The Morgan fingerprint density at radius 2 is 1.91 bits per heavy atom. The Balaban J connectivity index is 1.64. The number of amides is 3. The van der Waals surface area contributed by atoms with Gasteiger partial charge in [-0.05, 0) is 77.4 Å². The molecule has 0 unspecified atom stereocenters. The van der Waals surface area contributed by atoms with Crippen molar-refractivity contribution in [1.29, 1.82) is 0 Å². The molecule has 1 aliphatic heterocycles. The number of ether oxygens (including phenoxy) is 2. The number of thioether (sulfide) groups is 1. The second-order valence-corrected chi connectivity index (χ2v) is 8.72. The molecular weight excluding hydrogens is 512 g/mol. The van der Waals surface area contributed by atoms with Crippen LogP contribution in [0.4, 0.5) is 10.5 Å². The van der Waals surface area contributed by atoms with E-state index in [1.807, 2.05) is 18.2 Å². The zero-order valence-corrected chi connectivity index (χ0v) is 20.3. The molecule has 33 heavy (non-hydrogen) atoms. The smallest absolute Gasteiger partial charge is 0.329 e. The summed E-state index contributed by atoms with van der Waals surface area (Å²) < 4.78 is 11.0. The average Bonchev–Trinajstić information content (AvgIpc) is 3.06. The lowest BCUT2D eigenvalue weighted by Gasteiger charge is -2.19. The minimum absolute atomic E-state index is 0.158. The van der Waals surface area contributed by atoms with Gasteiger partial charge in [-0.2, -0.15) is 0 Å². The second kappa shape index (κ2) is 11.2. The zero-order chi connectivity index (χ0) is 24.0. The topological polar surface area (TPSA) is 102 Å². The minimum Gasteiger partial charge on any atom is -0.483 e. The number of nitrogens with one attached hydrogen (secondary N) is 1. The lowest BCUT2D eigenvalue weighted by molar-refractivity contribution is -0.150. The highest BCUT2D eigenvalue weighted by atomic mass is 79.9. The van der Waals surface area contributed by atoms with E-state index in [-0.39, 0.29) is 24.0 Å². The number of halogens is 1. The molecule has 0 radical (unpaired) electrons. The van der Waals surface area contributed by atoms with Crippen LogP contribution in [0.15, 0.2) is 57.9 Å². The van der Waals surface area contributed by atoms with Gasteiger partial charge in [0.2, 0.25) is 0 Å². The Labute approximate surface area is 203 Å². The first kappa shape index (κ1) is 24.5. The van der Waals surface area contributed by atoms with Gasteiger partial charge >= 0.3 is 5.97 Å². The molecule has 1 N–H and O–H groups in total. The summed E-state index contributed by atoms with van der Waals surface area (Å²) in [5.74, 6) is -1.05. The quantitative estimate of drug-likeness (QED) is 0.395. The predicted molar refractivity (Wildman–Crippen MR) is 129 cm³/mol. The lowest BCUT2D eigenvalue weighted by Crippen LogP contribution is -2.42. The molecule has 3 rings (SSSR count). The number of imide groups is 1. The maximum Gasteiger partial charge on any atom is 0.329 e. The molecule has 3 amide bonds. The third-order valence-electron chi connectivity index (χ3n) is 4.51. The molecule has 10 heteroatoms. The lowest BCUT2D eigenvalue weighted by atomic mass is 10.2. The van der Waals surface area contributed by atoms with Gasteiger partial charge < -0.3 is 14.8 Å². The van der Waals surface area contributed by atoms with E-state index in [4.69, 9.17) is 9.47 Å². The van der Waals surface area contributed by atoms with Crippen molar-refractivity contribution in [3.8, 4) is 5.75 Å². The van der Waals surface area contributed by atoms with Crippen molar-refractivity contribution in [2.24, 2.45) is 0 Å². The van der Waals surface area contributed by atoms with Crippen molar-refractivity contribution < 1.29 is 28.7 Å². The fourth-order valence-corrected chi connectivity index (χ4v) is 4.34. The molecule has 1 fully saturated rings. The molecular formula is C23H21BrN2O6S. The van der Waals surface area contributed by atoms with E-state index in [1.54, 1.807) is 43.3 Å². The number of esters is 1. The molecule has 2 aromatic rings. The Morgan fingerprint density at radius 1 is 1.18 bits per heavy atom. The van der Waals surface area contributed by atoms with Crippen LogP contribution in [0.3, 0.4) is 0 Å². The summed E-state index contributed by atoms with van der Waals surface area (Å²) in [7, 11) is 0. The van der Waals surface area contributed by atoms with Crippen LogP contribution in [0.5, 0.6) is 5.75 Å². The van der Waals surface area contributed by atoms with Gasteiger partial charge in [-0.3, -0.25) is 19.3 Å². The van der Waals surface area contributed by atoms with Gasteiger partial charge in [-0.1, -0.05) is 24.3 Å². The van der Waals surface area contributed by atoms with Crippen LogP contribution in [0.1, 0.15) is 19.4 Å². The Hall–Kier alpha value is -3.11. The molecule has 0 spiro atoms. The molecule has 0 saturated carbocycles. The number of carbonyl (C=O) groups excluding carboxylic acids is 4. The fourth-order valence-electron chi connectivity index (χ4n) is 2.92. The number of nitrogens with zero attached hydrogens (tertiary/aromatic N) is 1. The van der Waals surface area contributed by atoms with Crippen molar-refractivity contribution >= 4 is 62.5 Å². The van der Waals surface area contributed by atoms with E-state index in [0.29, 0.717) is 21.5 Å². The standard InChI is InChI=1S/C23H21BrN2O6S/c1-3-31-22(29)14(2)26-21(28)19(33-23(26)30)12-15-9-10-18(17(24)11-15)32-13-20(27)25-16-7-5-4-6-8-16/h4-12,14H,3,13H2,1-2H3,(H,25,27)/b19-12+/t14-/m0/s1. The minimum atomic E-state index is -1.01. The average molecular weight is 533 g/mol. The van der Waals surface area contributed by atoms with Gasteiger partial charge in [-0.25, -0.2) is 4.79 Å². The third-order valence-corrected chi connectivity index (χ3v) is 6.01. The summed E-state index contributed by atoms with van der Waals surface area (Å²) in [5, 5.41) is 2.20. The molecule has 2 aromatic carbocycles. The maximum absolute atomic E-state index is 12.7. The SMILES string of the molecule is CCOC(=O)[C@H](C)N1C(=O)S/C(=C/c2ccc(OCC(=O)Nc3ccccc3)c(Br)c2)C1=O. The molecule has 1 aliphatic rings. The molecule has 0 aromatic heterocycles. The van der Waals surface area contributed by atoms with Crippen LogP contribution in [0.25, 0.3) is 6.08 Å². The Kier molecular flexibility index (Phi) is 8.29. The van der Waals surface area contributed by atoms with Crippen LogP contribution >= 0.6 is 27.7 Å². The first-order chi connectivity index (χ1) is 15.8. The Bertz CT molecular complexity index is 1110. The summed E-state index contributed by atoms with van der Waals surface area (Å²) in [6.45, 7) is 3.08. The van der Waals surface area contributed by atoms with Crippen molar-refractivity contribution in [2.75, 3.05) is 18.5 Å². The van der Waals surface area contributed by atoms with Gasteiger partial charge in [0.25, 0.3) is 17.1 Å². The monoisotopic (exact) mass is 532 g/mol. The third kappa shape index (κ3) is 6.23. The van der Waals surface area contributed by atoms with E-state index in [2.05, 4.69) is 21.2 Å². The highest BCUT2D eigenvalue weighted by Crippen LogP contribution is 2.35. The first-order valence-corrected chi connectivity index (χ1v) is 11.6. The second-order valence-electron chi connectivity index (χ2n) is 6.87. The van der Waals surface area contributed by atoms with Gasteiger partial charge in [0.15, 0.2) is 6.61 Å². The van der Waals surface area contributed by atoms with Crippen LogP contribution in [0.2, 0.25) is 0 Å². The van der Waals surface area contributed by atoms with E-state index in [0.717, 1.165) is 16.7 Å². The van der Waals surface area contributed by atoms with E-state index in [9.17, 15) is 19.2 Å².